The summed E-state index contributed by atoms with van der Waals surface area (Å²) in [6, 6.07) is 0. The zero-order chi connectivity index (χ0) is 9.12. The second-order valence-corrected chi connectivity index (χ2v) is 2.11. The second kappa shape index (κ2) is 3.34. The molecule has 0 amide bonds. The highest BCUT2D eigenvalue weighted by Gasteiger charge is 2.40. The molecule has 0 aliphatic rings. The first-order valence-corrected chi connectivity index (χ1v) is 2.72. The van der Waals surface area contributed by atoms with Crippen LogP contribution in [0.1, 0.15) is 6.92 Å². The van der Waals surface area contributed by atoms with Gasteiger partial charge in [0, 0.05) is 0 Å². The van der Waals surface area contributed by atoms with Gasteiger partial charge in [0.05, 0.1) is 0 Å². The van der Waals surface area contributed by atoms with Crippen LogP contribution in [-0.2, 0) is 4.74 Å². The molecule has 6 heteroatoms. The third-order valence-electron chi connectivity index (χ3n) is 0.756. The van der Waals surface area contributed by atoms with Crippen molar-refractivity contribution in [2.75, 3.05) is 13.3 Å². The van der Waals surface area contributed by atoms with E-state index in [9.17, 15) is 22.0 Å². The normalized spacial score (nSPS) is 18.0. The Morgan fingerprint density at radius 3 is 1.82 bits per heavy atom. The van der Waals surface area contributed by atoms with Crippen LogP contribution in [0.2, 0.25) is 0 Å². The minimum atomic E-state index is -4.25. The van der Waals surface area contributed by atoms with Crippen LogP contribution in [0.3, 0.4) is 0 Å². The highest BCUT2D eigenvalue weighted by atomic mass is 19.3. The zero-order valence-electron chi connectivity index (χ0n) is 5.71. The van der Waals surface area contributed by atoms with E-state index in [-0.39, 0.29) is 0 Å². The Balaban J connectivity index is 4.02. The Kier molecular flexibility index (Phi) is 3.22. The molecular formula is C5H7F5O. The lowest BCUT2D eigenvalue weighted by molar-refractivity contribution is -0.332. The van der Waals surface area contributed by atoms with Crippen molar-refractivity contribution in [2.24, 2.45) is 0 Å². The summed E-state index contributed by atoms with van der Waals surface area (Å²) >= 11 is 0. The molecule has 0 aromatic heterocycles. The Bertz CT molecular complexity index is 110. The van der Waals surface area contributed by atoms with E-state index < -0.39 is 25.3 Å². The monoisotopic (exact) mass is 178 g/mol. The maximum atomic E-state index is 12.3. The predicted molar refractivity (Wildman–Crippen MR) is 27.5 cm³/mol. The number of hydrogen-bond donors (Lipinski definition) is 0. The Morgan fingerprint density at radius 1 is 1.09 bits per heavy atom. The minimum absolute atomic E-state index is 0.455. The van der Waals surface area contributed by atoms with Gasteiger partial charge in [-0.25, -0.2) is 13.2 Å². The summed E-state index contributed by atoms with van der Waals surface area (Å²) in [6.45, 7) is -3.47. The van der Waals surface area contributed by atoms with E-state index in [1.165, 1.54) is 0 Å². The van der Waals surface area contributed by atoms with Gasteiger partial charge in [-0.05, 0) is 6.92 Å². The van der Waals surface area contributed by atoms with Gasteiger partial charge in [-0.15, -0.1) is 0 Å². The lowest BCUT2D eigenvalue weighted by Crippen LogP contribution is -2.37. The van der Waals surface area contributed by atoms with Gasteiger partial charge in [0.25, 0.3) is 0 Å². The van der Waals surface area contributed by atoms with Crippen LogP contribution >= 0.6 is 0 Å². The lowest BCUT2D eigenvalue weighted by atomic mass is 10.4. The number of hydrogen-bond acceptors (Lipinski definition) is 1. The van der Waals surface area contributed by atoms with E-state index in [2.05, 4.69) is 4.74 Å². The average Bonchev–Trinajstić information content (AvgIpc) is 1.86. The highest BCUT2D eigenvalue weighted by Crippen LogP contribution is 2.25. The van der Waals surface area contributed by atoms with Gasteiger partial charge in [0.2, 0.25) is 5.85 Å². The van der Waals surface area contributed by atoms with Crippen LogP contribution in [-0.4, -0.2) is 25.3 Å². The molecule has 11 heavy (non-hydrogen) atoms. The van der Waals surface area contributed by atoms with Gasteiger partial charge in [-0.2, -0.15) is 8.78 Å². The molecule has 0 aliphatic carbocycles. The molecule has 0 saturated heterocycles. The SMILES string of the molecule is CC(F)(CF)OC(F)(F)CF. The third-order valence-corrected chi connectivity index (χ3v) is 0.756. The molecule has 0 aromatic carbocycles. The fourth-order valence-electron chi connectivity index (χ4n) is 0.366. The summed E-state index contributed by atoms with van der Waals surface area (Å²) in [5.74, 6) is -3.13. The summed E-state index contributed by atoms with van der Waals surface area (Å²) < 4.78 is 61.9. The van der Waals surface area contributed by atoms with Crippen LogP contribution < -0.4 is 0 Å². The van der Waals surface area contributed by atoms with E-state index in [0.29, 0.717) is 6.92 Å². The van der Waals surface area contributed by atoms with Gasteiger partial charge in [0.15, 0.2) is 6.67 Å². The molecule has 0 bridgehead atoms. The molecule has 0 fully saturated rings. The minimum Gasteiger partial charge on any atom is -0.278 e. The maximum absolute atomic E-state index is 12.3. The predicted octanol–water partition coefficient (Wildman–Crippen LogP) is 2.22. The van der Waals surface area contributed by atoms with E-state index in [1.54, 1.807) is 0 Å². The molecule has 0 heterocycles. The summed E-state index contributed by atoms with van der Waals surface area (Å²) in [4.78, 5) is 0. The molecular weight excluding hydrogens is 171 g/mol. The van der Waals surface area contributed by atoms with Crippen LogP contribution in [0, 0.1) is 0 Å². The van der Waals surface area contributed by atoms with E-state index >= 15 is 0 Å². The van der Waals surface area contributed by atoms with E-state index in [1.807, 2.05) is 0 Å². The summed E-state index contributed by atoms with van der Waals surface area (Å²) in [5, 5.41) is 0. The molecule has 1 unspecified atom stereocenters. The van der Waals surface area contributed by atoms with Crippen molar-refractivity contribution in [2.45, 2.75) is 18.9 Å². The molecule has 1 atom stereocenters. The average molecular weight is 178 g/mol. The fraction of sp³-hybridized carbons (Fsp3) is 1.00. The van der Waals surface area contributed by atoms with Gasteiger partial charge in [-0.1, -0.05) is 0 Å². The summed E-state index contributed by atoms with van der Waals surface area (Å²) in [7, 11) is 0. The number of ether oxygens (including phenoxy) is 1. The molecule has 68 valence electrons. The molecule has 0 rings (SSSR count). The molecule has 0 aliphatic heterocycles. The topological polar surface area (TPSA) is 9.23 Å². The quantitative estimate of drug-likeness (QED) is 0.599. The Morgan fingerprint density at radius 2 is 1.55 bits per heavy atom. The molecule has 0 N–H and O–H groups in total. The second-order valence-electron chi connectivity index (χ2n) is 2.11. The van der Waals surface area contributed by atoms with Crippen molar-refractivity contribution < 1.29 is 26.7 Å². The first-order chi connectivity index (χ1) is 4.83. The molecule has 0 radical (unpaired) electrons. The molecule has 0 saturated carbocycles. The first kappa shape index (κ1) is 10.6. The molecule has 1 nitrogen and oxygen atoms in total. The van der Waals surface area contributed by atoms with Crippen molar-refractivity contribution in [3.8, 4) is 0 Å². The fourth-order valence-corrected chi connectivity index (χ4v) is 0.366. The van der Waals surface area contributed by atoms with E-state index in [4.69, 9.17) is 0 Å². The Labute approximate surface area is 60.1 Å². The van der Waals surface area contributed by atoms with Crippen LogP contribution in [0.5, 0.6) is 0 Å². The van der Waals surface area contributed by atoms with Crippen molar-refractivity contribution >= 4 is 0 Å². The standard InChI is InChI=1S/C5H7F5O/c1-4(8,2-6)11-5(9,10)3-7/h2-3H2,1H3. The van der Waals surface area contributed by atoms with E-state index in [0.717, 1.165) is 0 Å². The maximum Gasteiger partial charge on any atom is 0.386 e. The van der Waals surface area contributed by atoms with Crippen LogP contribution in [0.4, 0.5) is 22.0 Å². The van der Waals surface area contributed by atoms with Crippen molar-refractivity contribution in [1.29, 1.82) is 0 Å². The first-order valence-electron chi connectivity index (χ1n) is 2.72. The number of alkyl halides is 5. The Hall–Kier alpha value is -0.390. The molecule has 0 aromatic rings. The van der Waals surface area contributed by atoms with Gasteiger partial charge < -0.3 is 0 Å². The van der Waals surface area contributed by atoms with Crippen molar-refractivity contribution in [1.82, 2.24) is 0 Å². The van der Waals surface area contributed by atoms with Gasteiger partial charge in [-0.3, -0.25) is 4.74 Å². The van der Waals surface area contributed by atoms with Gasteiger partial charge >= 0.3 is 6.11 Å². The zero-order valence-corrected chi connectivity index (χ0v) is 5.71. The summed E-state index contributed by atoms with van der Waals surface area (Å²) in [6.07, 6.45) is -4.25. The third kappa shape index (κ3) is 4.13. The number of halogens is 5. The number of rotatable bonds is 4. The smallest absolute Gasteiger partial charge is 0.278 e. The largest absolute Gasteiger partial charge is 0.386 e. The van der Waals surface area contributed by atoms with Crippen LogP contribution in [0.15, 0.2) is 0 Å². The lowest BCUT2D eigenvalue weighted by Gasteiger charge is -2.22. The highest BCUT2D eigenvalue weighted by molar-refractivity contribution is 4.62. The molecule has 0 spiro atoms. The van der Waals surface area contributed by atoms with Crippen molar-refractivity contribution in [3.63, 3.8) is 0 Å². The van der Waals surface area contributed by atoms with Crippen molar-refractivity contribution in [3.05, 3.63) is 0 Å². The van der Waals surface area contributed by atoms with Gasteiger partial charge in [0.1, 0.15) is 6.67 Å². The van der Waals surface area contributed by atoms with Crippen LogP contribution in [0.25, 0.3) is 0 Å². The summed E-state index contributed by atoms with van der Waals surface area (Å²) in [5.41, 5.74) is 0.